The van der Waals surface area contributed by atoms with E-state index in [9.17, 15) is 9.90 Å². The molecule has 2 aromatic carbocycles. The summed E-state index contributed by atoms with van der Waals surface area (Å²) in [5, 5.41) is 9.40. The van der Waals surface area contributed by atoms with Crippen LogP contribution in [0.4, 0.5) is 0 Å². The van der Waals surface area contributed by atoms with Crippen molar-refractivity contribution in [1.29, 1.82) is 0 Å². The summed E-state index contributed by atoms with van der Waals surface area (Å²) in [6.45, 7) is 2.70. The zero-order chi connectivity index (χ0) is 15.1. The van der Waals surface area contributed by atoms with Crippen LogP contribution in [0.3, 0.4) is 0 Å². The number of carbonyl (C=O) groups is 1. The molecule has 0 atom stereocenters. The van der Waals surface area contributed by atoms with Crippen LogP contribution in [0.25, 0.3) is 11.6 Å². The van der Waals surface area contributed by atoms with Crippen molar-refractivity contribution in [2.75, 3.05) is 6.61 Å². The minimum absolute atomic E-state index is 0.267. The fraction of sp³-hybridized carbons (Fsp3) is 0.167. The molecule has 0 saturated carbocycles. The van der Waals surface area contributed by atoms with Gasteiger partial charge < -0.3 is 9.84 Å². The molecule has 0 saturated heterocycles. The summed E-state index contributed by atoms with van der Waals surface area (Å²) in [7, 11) is 0. The number of carboxylic acid groups (broad SMARTS) is 1. The van der Waals surface area contributed by atoms with Crippen molar-refractivity contribution in [2.24, 2.45) is 0 Å². The molecule has 0 amide bonds. The molecule has 1 N–H and O–H groups in total. The van der Waals surface area contributed by atoms with Crippen molar-refractivity contribution >= 4 is 17.6 Å². The van der Waals surface area contributed by atoms with Gasteiger partial charge in [0, 0.05) is 0 Å². The van der Waals surface area contributed by atoms with E-state index in [1.165, 1.54) is 0 Å². The third-order valence-electron chi connectivity index (χ3n) is 2.98. The van der Waals surface area contributed by atoms with E-state index in [-0.39, 0.29) is 5.57 Å². The zero-order valence-electron chi connectivity index (χ0n) is 12.0. The zero-order valence-corrected chi connectivity index (χ0v) is 12.0. The van der Waals surface area contributed by atoms with E-state index in [0.29, 0.717) is 12.2 Å². The minimum atomic E-state index is -0.943. The second kappa shape index (κ2) is 7.29. The highest BCUT2D eigenvalue weighted by molar-refractivity contribution is 6.20. The van der Waals surface area contributed by atoms with E-state index in [0.717, 1.165) is 17.7 Å². The van der Waals surface area contributed by atoms with Gasteiger partial charge in [0.25, 0.3) is 0 Å². The lowest BCUT2D eigenvalue weighted by atomic mass is 10.0. The molecule has 0 aliphatic heterocycles. The molecule has 0 heterocycles. The van der Waals surface area contributed by atoms with Gasteiger partial charge in [-0.1, -0.05) is 49.4 Å². The van der Waals surface area contributed by atoms with Crippen LogP contribution in [-0.4, -0.2) is 17.7 Å². The highest BCUT2D eigenvalue weighted by Crippen LogP contribution is 2.21. The lowest BCUT2D eigenvalue weighted by Crippen LogP contribution is -2.00. The first-order valence-corrected chi connectivity index (χ1v) is 6.94. The molecule has 0 unspecified atom stereocenters. The monoisotopic (exact) mass is 282 g/mol. The van der Waals surface area contributed by atoms with Crippen molar-refractivity contribution in [3.8, 4) is 5.75 Å². The van der Waals surface area contributed by atoms with E-state index < -0.39 is 5.97 Å². The Labute approximate surface area is 124 Å². The molecule has 108 valence electrons. The first-order valence-electron chi connectivity index (χ1n) is 6.94. The Hall–Kier alpha value is -2.55. The molecule has 21 heavy (non-hydrogen) atoms. The predicted molar refractivity (Wildman–Crippen MR) is 84.2 cm³/mol. The lowest BCUT2D eigenvalue weighted by molar-refractivity contribution is -0.130. The third-order valence-corrected chi connectivity index (χ3v) is 2.98. The summed E-state index contributed by atoms with van der Waals surface area (Å²) in [5.41, 5.74) is 1.79. The summed E-state index contributed by atoms with van der Waals surface area (Å²) >= 11 is 0. The molecule has 2 rings (SSSR count). The third kappa shape index (κ3) is 4.21. The van der Waals surface area contributed by atoms with E-state index in [2.05, 4.69) is 0 Å². The summed E-state index contributed by atoms with van der Waals surface area (Å²) in [6.07, 6.45) is 2.61. The van der Waals surface area contributed by atoms with Gasteiger partial charge in [0.05, 0.1) is 12.2 Å². The summed E-state index contributed by atoms with van der Waals surface area (Å²) < 4.78 is 5.50. The predicted octanol–water partition coefficient (Wildman–Crippen LogP) is 4.10. The molecule has 3 heteroatoms. The maximum atomic E-state index is 11.5. The van der Waals surface area contributed by atoms with Gasteiger partial charge >= 0.3 is 5.97 Å². The van der Waals surface area contributed by atoms with Crippen LogP contribution in [0.1, 0.15) is 24.5 Å². The second-order valence-corrected chi connectivity index (χ2v) is 4.65. The minimum Gasteiger partial charge on any atom is -0.494 e. The molecule has 3 nitrogen and oxygen atoms in total. The average Bonchev–Trinajstić information content (AvgIpc) is 2.52. The van der Waals surface area contributed by atoms with Crippen LogP contribution in [0.5, 0.6) is 5.75 Å². The normalized spacial score (nSPS) is 11.2. The highest BCUT2D eigenvalue weighted by Gasteiger charge is 2.10. The highest BCUT2D eigenvalue weighted by atomic mass is 16.5. The van der Waals surface area contributed by atoms with Crippen molar-refractivity contribution in [3.05, 3.63) is 65.7 Å². The van der Waals surface area contributed by atoms with Crippen LogP contribution >= 0.6 is 0 Å². The Morgan fingerprint density at radius 3 is 2.33 bits per heavy atom. The molecular formula is C18H18O3. The number of hydrogen-bond donors (Lipinski definition) is 1. The Morgan fingerprint density at radius 1 is 1.10 bits per heavy atom. The fourth-order valence-corrected chi connectivity index (χ4v) is 1.94. The van der Waals surface area contributed by atoms with Crippen LogP contribution in [0.2, 0.25) is 0 Å². The van der Waals surface area contributed by atoms with Crippen LogP contribution in [0, 0.1) is 0 Å². The Bertz CT molecular complexity index is 613. The van der Waals surface area contributed by atoms with Gasteiger partial charge in [-0.05, 0) is 35.8 Å². The SMILES string of the molecule is CCCOc1ccc(C(=Cc2ccccc2)C(=O)O)cc1. The smallest absolute Gasteiger partial charge is 0.336 e. The van der Waals surface area contributed by atoms with Crippen LogP contribution in [0.15, 0.2) is 54.6 Å². The maximum Gasteiger partial charge on any atom is 0.336 e. The summed E-state index contributed by atoms with van der Waals surface area (Å²) in [4.78, 5) is 11.5. The number of carboxylic acids is 1. The first kappa shape index (κ1) is 14.9. The number of rotatable bonds is 6. The Balaban J connectivity index is 2.27. The number of ether oxygens (including phenoxy) is 1. The van der Waals surface area contributed by atoms with Gasteiger partial charge in [-0.3, -0.25) is 0 Å². The van der Waals surface area contributed by atoms with E-state index in [4.69, 9.17) is 4.74 Å². The standard InChI is InChI=1S/C18H18O3/c1-2-12-21-16-10-8-15(9-11-16)17(18(19)20)13-14-6-4-3-5-7-14/h3-11,13H,2,12H2,1H3,(H,19,20). The average molecular weight is 282 g/mol. The Morgan fingerprint density at radius 2 is 1.76 bits per heavy atom. The molecule has 0 radical (unpaired) electrons. The quantitative estimate of drug-likeness (QED) is 0.641. The summed E-state index contributed by atoms with van der Waals surface area (Å²) in [5.74, 6) is -0.189. The fourth-order valence-electron chi connectivity index (χ4n) is 1.94. The van der Waals surface area contributed by atoms with Crippen molar-refractivity contribution < 1.29 is 14.6 Å². The van der Waals surface area contributed by atoms with Gasteiger partial charge in [0.2, 0.25) is 0 Å². The number of benzene rings is 2. The van der Waals surface area contributed by atoms with Gasteiger partial charge in [0.15, 0.2) is 0 Å². The lowest BCUT2D eigenvalue weighted by Gasteiger charge is -2.07. The van der Waals surface area contributed by atoms with Gasteiger partial charge in [-0.15, -0.1) is 0 Å². The molecular weight excluding hydrogens is 264 g/mol. The van der Waals surface area contributed by atoms with Crippen molar-refractivity contribution in [1.82, 2.24) is 0 Å². The second-order valence-electron chi connectivity index (χ2n) is 4.65. The van der Waals surface area contributed by atoms with Gasteiger partial charge in [0.1, 0.15) is 5.75 Å². The Kier molecular flexibility index (Phi) is 5.16. The first-order chi connectivity index (χ1) is 10.2. The number of aliphatic carboxylic acids is 1. The molecule has 0 spiro atoms. The van der Waals surface area contributed by atoms with Gasteiger partial charge in [-0.2, -0.15) is 0 Å². The van der Waals surface area contributed by atoms with E-state index >= 15 is 0 Å². The van der Waals surface area contributed by atoms with Gasteiger partial charge in [-0.25, -0.2) is 4.79 Å². The topological polar surface area (TPSA) is 46.5 Å². The van der Waals surface area contributed by atoms with E-state index in [1.54, 1.807) is 30.3 Å². The molecule has 0 bridgehead atoms. The molecule has 2 aromatic rings. The maximum absolute atomic E-state index is 11.5. The molecule has 0 aliphatic carbocycles. The summed E-state index contributed by atoms with van der Waals surface area (Å²) in [6, 6.07) is 16.6. The van der Waals surface area contributed by atoms with Crippen LogP contribution in [-0.2, 0) is 4.79 Å². The van der Waals surface area contributed by atoms with Crippen LogP contribution < -0.4 is 4.74 Å². The molecule has 0 fully saturated rings. The van der Waals surface area contributed by atoms with Crippen molar-refractivity contribution in [2.45, 2.75) is 13.3 Å². The van der Waals surface area contributed by atoms with Crippen molar-refractivity contribution in [3.63, 3.8) is 0 Å². The molecule has 0 aromatic heterocycles. The molecule has 0 aliphatic rings. The largest absolute Gasteiger partial charge is 0.494 e. The van der Waals surface area contributed by atoms with E-state index in [1.807, 2.05) is 37.3 Å². The number of hydrogen-bond acceptors (Lipinski definition) is 2.